The van der Waals surface area contributed by atoms with Gasteiger partial charge in [0.05, 0.1) is 19.3 Å². The molecule has 7 heteroatoms. The molecular weight excluding hydrogens is 663 g/mol. The molecule has 0 aliphatic heterocycles. The normalized spacial score (nSPS) is 10.6. The largest absolute Gasteiger partial charge is 1.00 e. The van der Waals surface area contributed by atoms with Crippen LogP contribution in [0.25, 0.3) is 0 Å². The van der Waals surface area contributed by atoms with E-state index in [9.17, 15) is 9.59 Å². The molecule has 44 heavy (non-hydrogen) atoms. The van der Waals surface area contributed by atoms with Crippen LogP contribution in [0.1, 0.15) is 116 Å². The number of amides is 2. The fourth-order valence-corrected chi connectivity index (χ4v) is 5.36. The summed E-state index contributed by atoms with van der Waals surface area (Å²) < 4.78 is 13.5. The van der Waals surface area contributed by atoms with Crippen LogP contribution in [0.5, 0.6) is 11.5 Å². The van der Waals surface area contributed by atoms with Gasteiger partial charge in [-0.1, -0.05) is 102 Å². The molecule has 0 spiro atoms. The average Bonchev–Trinajstić information content (AvgIpc) is 3.03. The standard InChI is InChI=1S/C37H51N2O4.HI/c1-5-6-7-8-9-10-11-12-13-14-15-20-28-43-34-26-21-24-32(30(34)2)36(40)39(29-31-22-18-19-27-38(31)3)37(41)33-23-16-17-25-35(33)42-4;/h16-19,21-27H,5-15,20,28-29H2,1-4H3;1H/q+1;/p-1. The predicted molar refractivity (Wildman–Crippen MR) is 173 cm³/mol. The van der Waals surface area contributed by atoms with Crippen LogP contribution in [-0.2, 0) is 13.6 Å². The topological polar surface area (TPSA) is 59.7 Å². The zero-order valence-corrected chi connectivity index (χ0v) is 29.3. The average molecular weight is 715 g/mol. The molecule has 0 fully saturated rings. The first kappa shape index (κ1) is 37.2. The number of benzene rings is 2. The van der Waals surface area contributed by atoms with Gasteiger partial charge in [0, 0.05) is 23.3 Å². The number of carbonyl (C=O) groups excluding carboxylic acids is 2. The highest BCUT2D eigenvalue weighted by molar-refractivity contribution is 6.11. The lowest BCUT2D eigenvalue weighted by atomic mass is 10.0. The number of methoxy groups -OCH3 is 1. The van der Waals surface area contributed by atoms with Crippen LogP contribution in [0.2, 0.25) is 0 Å². The fraction of sp³-hybridized carbons (Fsp3) is 0.486. The number of aryl methyl sites for hydroxylation is 1. The molecule has 240 valence electrons. The lowest BCUT2D eigenvalue weighted by molar-refractivity contribution is -0.679. The van der Waals surface area contributed by atoms with Crippen LogP contribution >= 0.6 is 0 Å². The van der Waals surface area contributed by atoms with Crippen LogP contribution in [-0.4, -0.2) is 30.4 Å². The monoisotopic (exact) mass is 714 g/mol. The lowest BCUT2D eigenvalue weighted by Crippen LogP contribution is -3.00. The molecule has 2 amide bonds. The number of para-hydroxylation sites is 1. The van der Waals surface area contributed by atoms with Gasteiger partial charge in [0.25, 0.3) is 11.8 Å². The Morgan fingerprint density at radius 1 is 0.705 bits per heavy atom. The van der Waals surface area contributed by atoms with Gasteiger partial charge in [0.1, 0.15) is 25.1 Å². The van der Waals surface area contributed by atoms with E-state index in [1.54, 1.807) is 30.3 Å². The number of imide groups is 1. The van der Waals surface area contributed by atoms with E-state index in [2.05, 4.69) is 6.92 Å². The molecule has 0 radical (unpaired) electrons. The van der Waals surface area contributed by atoms with Crippen molar-refractivity contribution in [1.82, 2.24) is 4.90 Å². The molecule has 0 saturated carbocycles. The Morgan fingerprint density at radius 3 is 1.89 bits per heavy atom. The van der Waals surface area contributed by atoms with Crippen molar-refractivity contribution in [2.75, 3.05) is 13.7 Å². The SMILES string of the molecule is CCCCCCCCCCCCCCOc1cccc(C(=O)N(Cc2cccc[n+]2C)C(=O)c2ccccc2OC)c1C.[I-]. The van der Waals surface area contributed by atoms with Crippen molar-refractivity contribution in [3.63, 3.8) is 0 Å². The van der Waals surface area contributed by atoms with Crippen molar-refractivity contribution in [2.45, 2.75) is 97.4 Å². The quantitative estimate of drug-likeness (QED) is 0.0724. The van der Waals surface area contributed by atoms with E-state index in [4.69, 9.17) is 9.47 Å². The number of halogens is 1. The summed E-state index contributed by atoms with van der Waals surface area (Å²) >= 11 is 0. The molecule has 6 nitrogen and oxygen atoms in total. The first-order valence-corrected chi connectivity index (χ1v) is 16.1. The minimum absolute atomic E-state index is 0. The van der Waals surface area contributed by atoms with Gasteiger partial charge >= 0.3 is 0 Å². The Morgan fingerprint density at radius 2 is 1.25 bits per heavy atom. The number of rotatable bonds is 19. The number of nitrogens with zero attached hydrogens (tertiary/aromatic N) is 2. The summed E-state index contributed by atoms with van der Waals surface area (Å²) in [6, 6.07) is 18.2. The van der Waals surface area contributed by atoms with E-state index < -0.39 is 5.91 Å². The molecule has 0 aliphatic rings. The van der Waals surface area contributed by atoms with Crippen molar-refractivity contribution < 1.29 is 47.6 Å². The van der Waals surface area contributed by atoms with Gasteiger partial charge in [0.15, 0.2) is 6.20 Å². The fourth-order valence-electron chi connectivity index (χ4n) is 5.36. The predicted octanol–water partition coefficient (Wildman–Crippen LogP) is 5.39. The van der Waals surface area contributed by atoms with E-state index in [1.165, 1.54) is 76.2 Å². The lowest BCUT2D eigenvalue weighted by Gasteiger charge is -2.22. The molecule has 1 aromatic heterocycles. The Kier molecular flexibility index (Phi) is 17.7. The molecule has 0 bridgehead atoms. The Balaban J connectivity index is 0.00000675. The van der Waals surface area contributed by atoms with E-state index >= 15 is 0 Å². The van der Waals surface area contributed by atoms with Gasteiger partial charge in [-0.25, -0.2) is 4.57 Å². The van der Waals surface area contributed by atoms with Crippen LogP contribution in [0.3, 0.4) is 0 Å². The van der Waals surface area contributed by atoms with Gasteiger partial charge in [-0.3, -0.25) is 14.5 Å². The number of unbranched alkanes of at least 4 members (excludes halogenated alkanes) is 11. The number of pyridine rings is 1. The maximum absolute atomic E-state index is 14.0. The van der Waals surface area contributed by atoms with Gasteiger partial charge in [-0.15, -0.1) is 0 Å². The zero-order valence-electron chi connectivity index (χ0n) is 27.2. The van der Waals surface area contributed by atoms with E-state index in [-0.39, 0.29) is 36.4 Å². The molecule has 2 aromatic carbocycles. The number of hydrogen-bond acceptors (Lipinski definition) is 4. The smallest absolute Gasteiger partial charge is 0.265 e. The number of aromatic nitrogens is 1. The van der Waals surface area contributed by atoms with E-state index in [0.717, 1.165) is 24.1 Å². The Bertz CT molecular complexity index is 1300. The maximum Gasteiger partial charge on any atom is 0.265 e. The number of carbonyl (C=O) groups is 2. The van der Waals surface area contributed by atoms with Gasteiger partial charge in [-0.2, -0.15) is 0 Å². The maximum atomic E-state index is 14.0. The zero-order chi connectivity index (χ0) is 30.9. The molecule has 0 N–H and O–H groups in total. The molecule has 3 rings (SSSR count). The van der Waals surface area contributed by atoms with Gasteiger partial charge < -0.3 is 33.5 Å². The summed E-state index contributed by atoms with van der Waals surface area (Å²) in [4.78, 5) is 29.2. The minimum Gasteiger partial charge on any atom is -1.00 e. The first-order chi connectivity index (χ1) is 21.0. The second-order valence-corrected chi connectivity index (χ2v) is 11.4. The van der Waals surface area contributed by atoms with Crippen LogP contribution < -0.4 is 38.0 Å². The summed E-state index contributed by atoms with van der Waals surface area (Å²) in [5.74, 6) is 0.337. The van der Waals surface area contributed by atoms with Crippen LogP contribution in [0, 0.1) is 6.92 Å². The van der Waals surface area contributed by atoms with Gasteiger partial charge in [-0.05, 0) is 37.6 Å². The molecule has 3 aromatic rings. The summed E-state index contributed by atoms with van der Waals surface area (Å²) in [6.45, 7) is 4.88. The Hall–Kier alpha value is -2.94. The van der Waals surface area contributed by atoms with Crippen molar-refractivity contribution in [1.29, 1.82) is 0 Å². The summed E-state index contributed by atoms with van der Waals surface area (Å²) in [6.07, 6.45) is 17.4. The third kappa shape index (κ3) is 11.5. The van der Waals surface area contributed by atoms with Crippen molar-refractivity contribution >= 4 is 11.8 Å². The van der Waals surface area contributed by atoms with E-state index in [1.807, 2.05) is 55.1 Å². The third-order valence-electron chi connectivity index (χ3n) is 8.08. The van der Waals surface area contributed by atoms with Crippen molar-refractivity contribution in [2.24, 2.45) is 7.05 Å². The molecule has 0 saturated heterocycles. The van der Waals surface area contributed by atoms with Crippen LogP contribution in [0.15, 0.2) is 66.9 Å². The highest BCUT2D eigenvalue weighted by atomic mass is 127. The van der Waals surface area contributed by atoms with Crippen molar-refractivity contribution in [3.8, 4) is 11.5 Å². The van der Waals surface area contributed by atoms with Crippen molar-refractivity contribution in [3.05, 3.63) is 89.2 Å². The van der Waals surface area contributed by atoms with Gasteiger partial charge in [0.2, 0.25) is 5.69 Å². The highest BCUT2D eigenvalue weighted by Crippen LogP contribution is 2.26. The minimum atomic E-state index is -0.409. The Labute approximate surface area is 282 Å². The third-order valence-corrected chi connectivity index (χ3v) is 8.08. The summed E-state index contributed by atoms with van der Waals surface area (Å²) in [5, 5.41) is 0. The number of ether oxygens (including phenoxy) is 2. The summed E-state index contributed by atoms with van der Waals surface area (Å²) in [7, 11) is 3.43. The first-order valence-electron chi connectivity index (χ1n) is 16.1. The number of hydrogen-bond donors (Lipinski definition) is 0. The van der Waals surface area contributed by atoms with E-state index in [0.29, 0.717) is 29.2 Å². The molecular formula is C37H51IN2O4. The second-order valence-electron chi connectivity index (χ2n) is 11.4. The van der Waals surface area contributed by atoms with Crippen LogP contribution in [0.4, 0.5) is 0 Å². The molecule has 0 atom stereocenters. The molecule has 0 aliphatic carbocycles. The highest BCUT2D eigenvalue weighted by Gasteiger charge is 2.30. The molecule has 1 heterocycles. The molecule has 0 unspecified atom stereocenters. The summed E-state index contributed by atoms with van der Waals surface area (Å²) in [5.41, 5.74) is 2.36. The second kappa shape index (κ2) is 20.9.